The van der Waals surface area contributed by atoms with E-state index in [-0.39, 0.29) is 10.8 Å². The van der Waals surface area contributed by atoms with Crippen molar-refractivity contribution in [1.29, 1.82) is 0 Å². The highest BCUT2D eigenvalue weighted by Gasteiger charge is 2.55. The standard InChI is InChI=1S/C19H21N3O7S/c1-9-10(2)21-29-18(9)22-30(26,27)12-5-3-11(4-6-12)20-17(23)15-13-7-8-14(28-13)16(15)19(24)25/h3-6,13-16,22H,7-8H2,1-2H3,(H,20,23)(H,24,25)/t13-,14+,15+,16+/m1/s1. The second-order valence-corrected chi connectivity index (χ2v) is 9.20. The quantitative estimate of drug-likeness (QED) is 0.623. The molecule has 2 aliphatic heterocycles. The lowest BCUT2D eigenvalue weighted by Gasteiger charge is -2.23. The average molecular weight is 435 g/mol. The molecule has 11 heteroatoms. The van der Waals surface area contributed by atoms with Gasteiger partial charge in [-0.2, -0.15) is 0 Å². The summed E-state index contributed by atoms with van der Waals surface area (Å²) in [5.74, 6) is -3.10. The van der Waals surface area contributed by atoms with Crippen molar-refractivity contribution in [3.8, 4) is 0 Å². The summed E-state index contributed by atoms with van der Waals surface area (Å²) < 4.78 is 38.0. The van der Waals surface area contributed by atoms with E-state index in [1.165, 1.54) is 24.3 Å². The number of nitrogens with one attached hydrogen (secondary N) is 2. The van der Waals surface area contributed by atoms with Gasteiger partial charge in [0.2, 0.25) is 11.8 Å². The first kappa shape index (κ1) is 20.4. The molecule has 4 atom stereocenters. The fraction of sp³-hybridized carbons (Fsp3) is 0.421. The third-order valence-corrected chi connectivity index (χ3v) is 7.02. The monoisotopic (exact) mass is 435 g/mol. The molecule has 1 aromatic carbocycles. The van der Waals surface area contributed by atoms with Gasteiger partial charge in [-0.1, -0.05) is 5.16 Å². The van der Waals surface area contributed by atoms with Crippen molar-refractivity contribution in [2.45, 2.75) is 43.8 Å². The van der Waals surface area contributed by atoms with Crippen LogP contribution < -0.4 is 10.0 Å². The number of aromatic nitrogens is 1. The zero-order valence-electron chi connectivity index (χ0n) is 16.3. The first-order valence-corrected chi connectivity index (χ1v) is 10.9. The SMILES string of the molecule is Cc1noc(NS(=O)(=O)c2ccc(NC(=O)[C@@H]3[C@@H](C(=O)O)[C@@H]4CC[C@H]3O4)cc2)c1C. The summed E-state index contributed by atoms with van der Waals surface area (Å²) in [6.07, 6.45) is 0.434. The van der Waals surface area contributed by atoms with E-state index in [0.29, 0.717) is 29.8 Å². The Labute approximate surface area is 172 Å². The van der Waals surface area contributed by atoms with Crippen LogP contribution in [0.15, 0.2) is 33.7 Å². The maximum Gasteiger partial charge on any atom is 0.310 e. The first-order chi connectivity index (χ1) is 14.2. The molecular weight excluding hydrogens is 414 g/mol. The zero-order valence-corrected chi connectivity index (χ0v) is 17.1. The number of anilines is 2. The van der Waals surface area contributed by atoms with Crippen molar-refractivity contribution in [2.24, 2.45) is 11.8 Å². The molecule has 30 heavy (non-hydrogen) atoms. The molecular formula is C19H21N3O7S. The number of ether oxygens (including phenoxy) is 1. The Morgan fingerprint density at radius 1 is 1.10 bits per heavy atom. The van der Waals surface area contributed by atoms with Crippen molar-refractivity contribution < 1.29 is 32.4 Å². The van der Waals surface area contributed by atoms with Gasteiger partial charge in [-0.05, 0) is 51.0 Å². The largest absolute Gasteiger partial charge is 0.481 e. The lowest BCUT2D eigenvalue weighted by molar-refractivity contribution is -0.147. The van der Waals surface area contributed by atoms with Crippen LogP contribution in [-0.4, -0.2) is 42.8 Å². The maximum atomic E-state index is 12.7. The van der Waals surface area contributed by atoms with E-state index >= 15 is 0 Å². The Kier molecular flexibility index (Phi) is 5.02. The highest BCUT2D eigenvalue weighted by Crippen LogP contribution is 2.44. The topological polar surface area (TPSA) is 148 Å². The Balaban J connectivity index is 1.46. The Hall–Kier alpha value is -2.92. The molecule has 2 aromatic rings. The maximum absolute atomic E-state index is 12.7. The third-order valence-electron chi connectivity index (χ3n) is 5.68. The zero-order chi connectivity index (χ0) is 21.6. The van der Waals surface area contributed by atoms with Crippen LogP contribution in [0.4, 0.5) is 11.6 Å². The van der Waals surface area contributed by atoms with E-state index in [9.17, 15) is 23.1 Å². The van der Waals surface area contributed by atoms with Crippen molar-refractivity contribution in [1.82, 2.24) is 5.16 Å². The summed E-state index contributed by atoms with van der Waals surface area (Å²) in [4.78, 5) is 24.2. The van der Waals surface area contributed by atoms with Gasteiger partial charge in [0.05, 0.1) is 34.6 Å². The van der Waals surface area contributed by atoms with Crippen molar-refractivity contribution in [2.75, 3.05) is 10.0 Å². The minimum atomic E-state index is -3.90. The first-order valence-electron chi connectivity index (χ1n) is 9.42. The number of rotatable bonds is 6. The second-order valence-electron chi connectivity index (χ2n) is 7.52. The van der Waals surface area contributed by atoms with Crippen LogP contribution >= 0.6 is 0 Å². The van der Waals surface area contributed by atoms with E-state index in [1.54, 1.807) is 13.8 Å². The van der Waals surface area contributed by atoms with Crippen LogP contribution in [0.25, 0.3) is 0 Å². The number of aliphatic carboxylic acids is 1. The molecule has 0 saturated carbocycles. The number of carboxylic acid groups (broad SMARTS) is 1. The van der Waals surface area contributed by atoms with Crippen LogP contribution in [0.1, 0.15) is 24.1 Å². The Bertz CT molecular complexity index is 1090. The number of carboxylic acids is 1. The third kappa shape index (κ3) is 3.54. The molecule has 10 nitrogen and oxygen atoms in total. The lowest BCUT2D eigenvalue weighted by atomic mass is 9.78. The Morgan fingerprint density at radius 3 is 2.30 bits per heavy atom. The van der Waals surface area contributed by atoms with Gasteiger partial charge in [-0.25, -0.2) is 13.1 Å². The molecule has 1 amide bonds. The van der Waals surface area contributed by atoms with Crippen molar-refractivity contribution in [3.05, 3.63) is 35.5 Å². The number of carbonyl (C=O) groups excluding carboxylic acids is 1. The van der Waals surface area contributed by atoms with E-state index in [1.807, 2.05) is 0 Å². The van der Waals surface area contributed by atoms with E-state index in [2.05, 4.69) is 15.2 Å². The van der Waals surface area contributed by atoms with Crippen LogP contribution in [0.2, 0.25) is 0 Å². The molecule has 0 aliphatic carbocycles. The number of nitrogens with zero attached hydrogens (tertiary/aromatic N) is 1. The van der Waals surface area contributed by atoms with Gasteiger partial charge in [0.25, 0.3) is 10.0 Å². The van der Waals surface area contributed by atoms with Crippen LogP contribution in [0.3, 0.4) is 0 Å². The van der Waals surface area contributed by atoms with Gasteiger partial charge in [0, 0.05) is 11.3 Å². The number of fused-ring (bicyclic) bond motifs is 2. The minimum absolute atomic E-state index is 0.0272. The number of amides is 1. The summed E-state index contributed by atoms with van der Waals surface area (Å²) in [6, 6.07) is 5.55. The molecule has 1 aromatic heterocycles. The van der Waals surface area contributed by atoms with Gasteiger partial charge in [0.15, 0.2) is 0 Å². The highest BCUT2D eigenvalue weighted by atomic mass is 32.2. The highest BCUT2D eigenvalue weighted by molar-refractivity contribution is 7.92. The summed E-state index contributed by atoms with van der Waals surface area (Å²) in [5.41, 5.74) is 1.52. The Morgan fingerprint density at radius 2 is 1.73 bits per heavy atom. The summed E-state index contributed by atoms with van der Waals surface area (Å²) in [6.45, 7) is 3.39. The molecule has 0 spiro atoms. The molecule has 0 unspecified atom stereocenters. The number of benzene rings is 1. The fourth-order valence-corrected chi connectivity index (χ4v) is 5.01. The van der Waals surface area contributed by atoms with Crippen LogP contribution in [0.5, 0.6) is 0 Å². The number of carbonyl (C=O) groups is 2. The second kappa shape index (κ2) is 7.40. The van der Waals surface area contributed by atoms with Crippen molar-refractivity contribution in [3.63, 3.8) is 0 Å². The number of hydrogen-bond acceptors (Lipinski definition) is 7. The molecule has 160 valence electrons. The van der Waals surface area contributed by atoms with Gasteiger partial charge in [-0.3, -0.25) is 9.59 Å². The van der Waals surface area contributed by atoms with Gasteiger partial charge in [0.1, 0.15) is 0 Å². The van der Waals surface area contributed by atoms with Crippen LogP contribution in [0, 0.1) is 25.7 Å². The molecule has 2 bridgehead atoms. The molecule has 2 fully saturated rings. The number of sulfonamides is 1. The predicted octanol–water partition coefficient (Wildman–Crippen LogP) is 1.91. The molecule has 3 heterocycles. The van der Waals surface area contributed by atoms with E-state index in [0.717, 1.165) is 0 Å². The summed E-state index contributed by atoms with van der Waals surface area (Å²) >= 11 is 0. The average Bonchev–Trinajstić information content (AvgIpc) is 3.39. The van der Waals surface area contributed by atoms with Crippen molar-refractivity contribution >= 4 is 33.5 Å². The fourth-order valence-electron chi connectivity index (χ4n) is 3.96. The van der Waals surface area contributed by atoms with E-state index in [4.69, 9.17) is 9.26 Å². The van der Waals surface area contributed by atoms with Gasteiger partial charge < -0.3 is 19.7 Å². The van der Waals surface area contributed by atoms with Gasteiger partial charge in [-0.15, -0.1) is 0 Å². The summed E-state index contributed by atoms with van der Waals surface area (Å²) in [7, 11) is -3.90. The molecule has 0 radical (unpaired) electrons. The molecule has 4 rings (SSSR count). The molecule has 2 saturated heterocycles. The molecule has 2 aliphatic rings. The predicted molar refractivity (Wildman–Crippen MR) is 104 cm³/mol. The number of aryl methyl sites for hydroxylation is 1. The smallest absolute Gasteiger partial charge is 0.310 e. The summed E-state index contributed by atoms with van der Waals surface area (Å²) in [5, 5.41) is 15.8. The van der Waals surface area contributed by atoms with Gasteiger partial charge >= 0.3 is 5.97 Å². The van der Waals surface area contributed by atoms with E-state index < -0.39 is 45.9 Å². The molecule has 3 N–H and O–H groups in total. The van der Waals surface area contributed by atoms with Crippen LogP contribution in [-0.2, 0) is 24.3 Å². The number of hydrogen-bond donors (Lipinski definition) is 3. The lowest BCUT2D eigenvalue weighted by Crippen LogP contribution is -2.40. The normalized spacial score (nSPS) is 25.3. The minimum Gasteiger partial charge on any atom is -0.481 e.